The van der Waals surface area contributed by atoms with Gasteiger partial charge in [-0.05, 0) is 47.3 Å². The molecule has 0 atom stereocenters. The molecule has 1 aromatic heterocycles. The lowest BCUT2D eigenvalue weighted by Crippen LogP contribution is -2.35. The molecule has 2 aliphatic rings. The molecule has 2 heterocycles. The van der Waals surface area contributed by atoms with Crippen LogP contribution in [0.15, 0.2) is 22.8 Å². The molecular formula is C11H11BrN2O. The van der Waals surface area contributed by atoms with Gasteiger partial charge in [-0.25, -0.2) is 4.98 Å². The lowest BCUT2D eigenvalue weighted by atomic mass is 10.2. The quantitative estimate of drug-likeness (QED) is 0.732. The zero-order valence-electron chi connectivity index (χ0n) is 8.24. The maximum absolute atomic E-state index is 11.8. The summed E-state index contributed by atoms with van der Waals surface area (Å²) in [6, 6.07) is 5.71. The average Bonchev–Trinajstić information content (AvgIpc) is 2.88. The van der Waals surface area contributed by atoms with E-state index in [2.05, 4.69) is 20.9 Å². The first-order valence-electron chi connectivity index (χ1n) is 5.17. The molecule has 0 aromatic carbocycles. The summed E-state index contributed by atoms with van der Waals surface area (Å²) in [5.74, 6) is 1.02. The van der Waals surface area contributed by atoms with E-state index in [1.807, 2.05) is 23.1 Å². The van der Waals surface area contributed by atoms with Gasteiger partial charge in [0.2, 0.25) is 5.91 Å². The lowest BCUT2D eigenvalue weighted by Gasteiger charge is -2.23. The van der Waals surface area contributed by atoms with Crippen LogP contribution in [-0.4, -0.2) is 16.4 Å². The topological polar surface area (TPSA) is 33.2 Å². The van der Waals surface area contributed by atoms with Crippen LogP contribution in [0.3, 0.4) is 0 Å². The Balaban J connectivity index is 2.02. The van der Waals surface area contributed by atoms with Crippen molar-refractivity contribution in [1.29, 1.82) is 0 Å². The Morgan fingerprint density at radius 2 is 2.13 bits per heavy atom. The van der Waals surface area contributed by atoms with E-state index in [1.54, 1.807) is 0 Å². The smallest absolute Gasteiger partial charge is 0.228 e. The first-order valence-corrected chi connectivity index (χ1v) is 5.96. The summed E-state index contributed by atoms with van der Waals surface area (Å²) < 4.78 is 0.788. The molecule has 0 unspecified atom stereocenters. The first kappa shape index (κ1) is 9.33. The van der Waals surface area contributed by atoms with Crippen molar-refractivity contribution in [2.24, 2.45) is 0 Å². The second-order valence-electron chi connectivity index (χ2n) is 4.27. The summed E-state index contributed by atoms with van der Waals surface area (Å²) in [5, 5.41) is 0. The molecule has 1 aromatic rings. The van der Waals surface area contributed by atoms with E-state index >= 15 is 0 Å². The van der Waals surface area contributed by atoms with E-state index in [0.717, 1.165) is 29.7 Å². The Morgan fingerprint density at radius 1 is 1.33 bits per heavy atom. The number of carbonyl (C=O) groups excluding carboxylic acids is 1. The fourth-order valence-corrected chi connectivity index (χ4v) is 2.67. The van der Waals surface area contributed by atoms with Crippen molar-refractivity contribution in [2.45, 2.75) is 31.2 Å². The van der Waals surface area contributed by atoms with Gasteiger partial charge in [-0.15, -0.1) is 0 Å². The van der Waals surface area contributed by atoms with Gasteiger partial charge in [0, 0.05) is 12.0 Å². The maximum Gasteiger partial charge on any atom is 0.228 e. The first-order chi connectivity index (χ1) is 7.21. The van der Waals surface area contributed by atoms with Crippen LogP contribution in [0.25, 0.3) is 0 Å². The summed E-state index contributed by atoms with van der Waals surface area (Å²) in [5.41, 5.74) is 0.130. The molecule has 0 radical (unpaired) electrons. The van der Waals surface area contributed by atoms with Crippen LogP contribution < -0.4 is 4.90 Å². The summed E-state index contributed by atoms with van der Waals surface area (Å²) in [4.78, 5) is 18.1. The zero-order valence-corrected chi connectivity index (χ0v) is 9.83. The van der Waals surface area contributed by atoms with E-state index in [0.29, 0.717) is 6.42 Å². The number of rotatable bonds is 1. The third-order valence-electron chi connectivity index (χ3n) is 3.28. The molecule has 0 N–H and O–H groups in total. The third-order valence-corrected chi connectivity index (χ3v) is 3.73. The number of anilines is 1. The van der Waals surface area contributed by atoms with E-state index < -0.39 is 0 Å². The average molecular weight is 267 g/mol. The SMILES string of the molecule is O=C1CCC2(CC2)N1c1cccc(Br)n1. The van der Waals surface area contributed by atoms with Gasteiger partial charge in [-0.1, -0.05) is 6.07 Å². The van der Waals surface area contributed by atoms with Crippen LogP contribution >= 0.6 is 15.9 Å². The van der Waals surface area contributed by atoms with Gasteiger partial charge in [0.15, 0.2) is 0 Å². The molecule has 1 aliphatic carbocycles. The van der Waals surface area contributed by atoms with E-state index in [9.17, 15) is 4.79 Å². The van der Waals surface area contributed by atoms with E-state index in [-0.39, 0.29) is 11.4 Å². The Hall–Kier alpha value is -0.900. The molecule has 15 heavy (non-hydrogen) atoms. The van der Waals surface area contributed by atoms with E-state index in [4.69, 9.17) is 0 Å². The number of hydrogen-bond acceptors (Lipinski definition) is 2. The van der Waals surface area contributed by atoms with Gasteiger partial charge >= 0.3 is 0 Å². The molecule has 1 saturated heterocycles. The molecule has 1 aliphatic heterocycles. The van der Waals surface area contributed by atoms with Crippen LogP contribution in [0.4, 0.5) is 5.82 Å². The maximum atomic E-state index is 11.8. The number of pyridine rings is 1. The Kier molecular flexibility index (Phi) is 1.89. The molecule has 1 amide bonds. The number of aromatic nitrogens is 1. The fraction of sp³-hybridized carbons (Fsp3) is 0.455. The van der Waals surface area contributed by atoms with Crippen molar-refractivity contribution in [2.75, 3.05) is 4.90 Å². The monoisotopic (exact) mass is 266 g/mol. The van der Waals surface area contributed by atoms with Crippen molar-refractivity contribution in [3.63, 3.8) is 0 Å². The summed E-state index contributed by atoms with van der Waals surface area (Å²) in [6.45, 7) is 0. The molecule has 4 heteroatoms. The van der Waals surface area contributed by atoms with Crippen LogP contribution in [0.5, 0.6) is 0 Å². The fourth-order valence-electron chi connectivity index (χ4n) is 2.34. The molecule has 2 fully saturated rings. The largest absolute Gasteiger partial charge is 0.291 e. The van der Waals surface area contributed by atoms with Crippen molar-refractivity contribution >= 4 is 27.7 Å². The zero-order chi connectivity index (χ0) is 10.5. The Bertz CT molecular complexity index is 428. The minimum atomic E-state index is 0.130. The number of carbonyl (C=O) groups is 1. The highest BCUT2D eigenvalue weighted by Crippen LogP contribution is 2.51. The minimum Gasteiger partial charge on any atom is -0.291 e. The second kappa shape index (κ2) is 3.04. The normalized spacial score (nSPS) is 22.5. The summed E-state index contributed by atoms with van der Waals surface area (Å²) >= 11 is 3.34. The van der Waals surface area contributed by atoms with Crippen LogP contribution in [0.1, 0.15) is 25.7 Å². The Morgan fingerprint density at radius 3 is 2.80 bits per heavy atom. The molecule has 78 valence electrons. The van der Waals surface area contributed by atoms with Crippen LogP contribution in [0.2, 0.25) is 0 Å². The van der Waals surface area contributed by atoms with Crippen molar-refractivity contribution in [1.82, 2.24) is 4.98 Å². The molecule has 1 spiro atoms. The van der Waals surface area contributed by atoms with Crippen LogP contribution in [0, 0.1) is 0 Å². The number of hydrogen-bond donors (Lipinski definition) is 0. The molecule has 0 bridgehead atoms. The number of amides is 1. The van der Waals surface area contributed by atoms with Gasteiger partial charge in [0.05, 0.1) is 0 Å². The molecule has 3 rings (SSSR count). The lowest BCUT2D eigenvalue weighted by molar-refractivity contribution is -0.117. The molecule has 1 saturated carbocycles. The molecule has 3 nitrogen and oxygen atoms in total. The van der Waals surface area contributed by atoms with Gasteiger partial charge < -0.3 is 0 Å². The minimum absolute atomic E-state index is 0.130. The summed E-state index contributed by atoms with van der Waals surface area (Å²) in [7, 11) is 0. The van der Waals surface area contributed by atoms with Gasteiger partial charge in [-0.3, -0.25) is 9.69 Å². The second-order valence-corrected chi connectivity index (χ2v) is 5.08. The van der Waals surface area contributed by atoms with Crippen molar-refractivity contribution < 1.29 is 4.79 Å². The van der Waals surface area contributed by atoms with Gasteiger partial charge in [0.25, 0.3) is 0 Å². The third kappa shape index (κ3) is 1.39. The highest BCUT2D eigenvalue weighted by Gasteiger charge is 2.55. The Labute approximate surface area is 96.6 Å². The van der Waals surface area contributed by atoms with Gasteiger partial charge in [-0.2, -0.15) is 0 Å². The van der Waals surface area contributed by atoms with Crippen molar-refractivity contribution in [3.8, 4) is 0 Å². The van der Waals surface area contributed by atoms with E-state index in [1.165, 1.54) is 0 Å². The number of nitrogens with zero attached hydrogens (tertiary/aromatic N) is 2. The highest BCUT2D eigenvalue weighted by molar-refractivity contribution is 9.10. The van der Waals surface area contributed by atoms with Crippen molar-refractivity contribution in [3.05, 3.63) is 22.8 Å². The highest BCUT2D eigenvalue weighted by atomic mass is 79.9. The molecular weight excluding hydrogens is 256 g/mol. The predicted octanol–water partition coefficient (Wildman–Crippen LogP) is 2.50. The van der Waals surface area contributed by atoms with Crippen LogP contribution in [-0.2, 0) is 4.79 Å². The summed E-state index contributed by atoms with van der Waals surface area (Å²) in [6.07, 6.45) is 3.94. The standard InChI is InChI=1S/C11H11BrN2O/c12-8-2-1-3-9(13-8)14-10(15)4-5-11(14)6-7-11/h1-3H,4-7H2. The number of halogens is 1. The van der Waals surface area contributed by atoms with Gasteiger partial charge in [0.1, 0.15) is 10.4 Å². The predicted molar refractivity (Wildman–Crippen MR) is 60.6 cm³/mol.